The van der Waals surface area contributed by atoms with E-state index in [-0.39, 0.29) is 0 Å². The normalized spacial score (nSPS) is 10.8. The lowest BCUT2D eigenvalue weighted by molar-refractivity contribution is -0.136. The minimum Gasteiger partial charge on any atom is -0.495 e. The number of aromatic nitrogens is 1. The van der Waals surface area contributed by atoms with Crippen LogP contribution in [0.2, 0.25) is 0 Å². The van der Waals surface area contributed by atoms with Crippen LogP contribution in [0.1, 0.15) is 22.5 Å². The van der Waals surface area contributed by atoms with E-state index in [0.29, 0.717) is 11.4 Å². The second kappa shape index (κ2) is 9.09. The van der Waals surface area contributed by atoms with E-state index in [4.69, 9.17) is 4.74 Å². The van der Waals surface area contributed by atoms with Gasteiger partial charge in [0.05, 0.1) is 19.0 Å². The first kappa shape index (κ1) is 20.9. The van der Waals surface area contributed by atoms with Crippen LogP contribution in [0.3, 0.4) is 0 Å². The summed E-state index contributed by atoms with van der Waals surface area (Å²) in [4.78, 5) is 24.2. The number of hydrogen-bond donors (Lipinski definition) is 2. The molecular weight excluding hydrogens is 380 g/mol. The minimum absolute atomic E-state index is 0.408. The van der Waals surface area contributed by atoms with Gasteiger partial charge < -0.3 is 14.6 Å². The topological polar surface area (TPSA) is 84.7 Å². The van der Waals surface area contributed by atoms with E-state index in [1.807, 2.05) is 32.0 Å². The predicted molar refractivity (Wildman–Crippen MR) is 117 cm³/mol. The summed E-state index contributed by atoms with van der Waals surface area (Å²) in [6, 6.07) is 16.9. The molecule has 1 heterocycles. The fraction of sp³-hybridized carbons (Fsp3) is 0.174. The Balaban J connectivity index is 1.70. The van der Waals surface area contributed by atoms with E-state index in [0.717, 1.165) is 28.2 Å². The Morgan fingerprint density at radius 3 is 2.43 bits per heavy atom. The van der Waals surface area contributed by atoms with Gasteiger partial charge in [-0.05, 0) is 50.6 Å². The minimum atomic E-state index is -0.870. The zero-order valence-electron chi connectivity index (χ0n) is 17.4. The van der Waals surface area contributed by atoms with E-state index in [1.165, 1.54) is 13.3 Å². The Morgan fingerprint density at radius 2 is 1.70 bits per heavy atom. The van der Waals surface area contributed by atoms with Crippen molar-refractivity contribution >= 4 is 23.7 Å². The molecule has 0 aliphatic rings. The third-order valence-electron chi connectivity index (χ3n) is 4.76. The van der Waals surface area contributed by atoms with Gasteiger partial charge in [0.1, 0.15) is 5.75 Å². The van der Waals surface area contributed by atoms with Crippen LogP contribution in [-0.2, 0) is 9.59 Å². The monoisotopic (exact) mass is 404 g/mol. The van der Waals surface area contributed by atoms with Crippen molar-refractivity contribution in [2.24, 2.45) is 5.10 Å². The van der Waals surface area contributed by atoms with Gasteiger partial charge in [-0.25, -0.2) is 5.43 Å². The summed E-state index contributed by atoms with van der Waals surface area (Å²) in [7, 11) is 1.49. The summed E-state index contributed by atoms with van der Waals surface area (Å²) in [5.41, 5.74) is 7.80. The van der Waals surface area contributed by atoms with Crippen molar-refractivity contribution in [2.75, 3.05) is 12.4 Å². The molecule has 0 spiro atoms. The molecule has 154 valence electrons. The first-order chi connectivity index (χ1) is 14.4. The van der Waals surface area contributed by atoms with Gasteiger partial charge in [-0.1, -0.05) is 30.3 Å². The Morgan fingerprint density at radius 1 is 1.00 bits per heavy atom. The SMILES string of the molecule is COc1ccccc1NC(=O)C(=O)N/N=C\c1cc(C)n(-c2ccccc2C)c1C. The number of amides is 2. The first-order valence-electron chi connectivity index (χ1n) is 9.44. The standard InChI is InChI=1S/C23H24N4O3/c1-15-9-5-7-11-20(15)27-16(2)13-18(17(27)3)14-24-26-23(29)22(28)25-19-10-6-8-12-21(19)30-4/h5-14H,1-4H3,(H,25,28)(H,26,29)/b24-14-. The molecule has 7 nitrogen and oxygen atoms in total. The zero-order chi connectivity index (χ0) is 21.7. The highest BCUT2D eigenvalue weighted by Crippen LogP contribution is 2.23. The van der Waals surface area contributed by atoms with Gasteiger partial charge in [0.25, 0.3) is 0 Å². The van der Waals surface area contributed by atoms with Gasteiger partial charge in [0.2, 0.25) is 0 Å². The van der Waals surface area contributed by atoms with Crippen LogP contribution in [0.25, 0.3) is 5.69 Å². The van der Waals surface area contributed by atoms with E-state index >= 15 is 0 Å². The molecule has 3 aromatic rings. The molecule has 0 aliphatic heterocycles. The number of anilines is 1. The third kappa shape index (κ3) is 4.41. The molecule has 0 radical (unpaired) electrons. The van der Waals surface area contributed by atoms with Crippen molar-refractivity contribution in [2.45, 2.75) is 20.8 Å². The summed E-state index contributed by atoms with van der Waals surface area (Å²) in [5.74, 6) is -1.24. The molecule has 0 fully saturated rings. The molecule has 2 aromatic carbocycles. The number of aryl methyl sites for hydroxylation is 2. The fourth-order valence-electron chi connectivity index (χ4n) is 3.24. The fourth-order valence-corrected chi connectivity index (χ4v) is 3.24. The highest BCUT2D eigenvalue weighted by Gasteiger charge is 2.15. The van der Waals surface area contributed by atoms with Gasteiger partial charge >= 0.3 is 11.8 Å². The summed E-state index contributed by atoms with van der Waals surface area (Å²) in [6.07, 6.45) is 1.53. The quantitative estimate of drug-likeness (QED) is 0.388. The molecule has 2 N–H and O–H groups in total. The number of hydrogen-bond acceptors (Lipinski definition) is 4. The van der Waals surface area contributed by atoms with E-state index < -0.39 is 11.8 Å². The smallest absolute Gasteiger partial charge is 0.329 e. The number of benzene rings is 2. The largest absolute Gasteiger partial charge is 0.495 e. The molecule has 0 atom stereocenters. The summed E-state index contributed by atoms with van der Waals surface area (Å²) < 4.78 is 7.29. The Bertz CT molecular complexity index is 1120. The van der Waals surface area contributed by atoms with Crippen LogP contribution in [0, 0.1) is 20.8 Å². The lowest BCUT2D eigenvalue weighted by Crippen LogP contribution is -2.32. The van der Waals surface area contributed by atoms with Crippen molar-refractivity contribution in [1.29, 1.82) is 0 Å². The second-order valence-electron chi connectivity index (χ2n) is 6.80. The van der Waals surface area contributed by atoms with Gasteiger partial charge in [-0.2, -0.15) is 5.10 Å². The van der Waals surface area contributed by atoms with Crippen molar-refractivity contribution in [3.8, 4) is 11.4 Å². The number of para-hydroxylation sites is 3. The highest BCUT2D eigenvalue weighted by atomic mass is 16.5. The van der Waals surface area contributed by atoms with Crippen molar-refractivity contribution in [3.05, 3.63) is 77.1 Å². The number of ether oxygens (including phenoxy) is 1. The van der Waals surface area contributed by atoms with Crippen molar-refractivity contribution in [1.82, 2.24) is 9.99 Å². The van der Waals surface area contributed by atoms with Crippen molar-refractivity contribution < 1.29 is 14.3 Å². The van der Waals surface area contributed by atoms with Crippen molar-refractivity contribution in [3.63, 3.8) is 0 Å². The maximum absolute atomic E-state index is 12.1. The average molecular weight is 404 g/mol. The molecule has 0 saturated carbocycles. The van der Waals surface area contributed by atoms with Crippen LogP contribution in [0.5, 0.6) is 5.75 Å². The Hall–Kier alpha value is -3.87. The molecule has 2 amide bonds. The van der Waals surface area contributed by atoms with Gasteiger partial charge in [-0.3, -0.25) is 9.59 Å². The molecule has 7 heteroatoms. The average Bonchev–Trinajstić information content (AvgIpc) is 3.02. The number of carbonyl (C=O) groups excluding carboxylic acids is 2. The number of hydrazone groups is 1. The zero-order valence-corrected chi connectivity index (χ0v) is 17.4. The molecule has 0 unspecified atom stereocenters. The highest BCUT2D eigenvalue weighted by molar-refractivity contribution is 6.39. The molecule has 0 aliphatic carbocycles. The summed E-state index contributed by atoms with van der Waals surface area (Å²) >= 11 is 0. The van der Waals surface area contributed by atoms with Gasteiger partial charge in [0.15, 0.2) is 0 Å². The lowest BCUT2D eigenvalue weighted by Gasteiger charge is -2.12. The molecule has 3 rings (SSSR count). The van der Waals surface area contributed by atoms with Crippen LogP contribution in [-0.4, -0.2) is 29.7 Å². The number of nitrogens with zero attached hydrogens (tertiary/aromatic N) is 2. The van der Waals surface area contributed by atoms with Crippen LogP contribution in [0.15, 0.2) is 59.7 Å². The van der Waals surface area contributed by atoms with Crippen LogP contribution >= 0.6 is 0 Å². The summed E-state index contributed by atoms with van der Waals surface area (Å²) in [5, 5.41) is 6.46. The molecule has 0 saturated heterocycles. The van der Waals surface area contributed by atoms with E-state index in [1.54, 1.807) is 24.3 Å². The van der Waals surface area contributed by atoms with Crippen LogP contribution in [0.4, 0.5) is 5.69 Å². The third-order valence-corrected chi connectivity index (χ3v) is 4.76. The van der Waals surface area contributed by atoms with Crippen LogP contribution < -0.4 is 15.5 Å². The summed E-state index contributed by atoms with van der Waals surface area (Å²) in [6.45, 7) is 6.05. The maximum atomic E-state index is 12.1. The number of methoxy groups -OCH3 is 1. The lowest BCUT2D eigenvalue weighted by atomic mass is 10.2. The molecule has 1 aromatic heterocycles. The maximum Gasteiger partial charge on any atom is 0.329 e. The van der Waals surface area contributed by atoms with E-state index in [9.17, 15) is 9.59 Å². The van der Waals surface area contributed by atoms with Gasteiger partial charge in [-0.15, -0.1) is 0 Å². The number of nitrogens with one attached hydrogen (secondary N) is 2. The van der Waals surface area contributed by atoms with E-state index in [2.05, 4.69) is 39.5 Å². The van der Waals surface area contributed by atoms with Gasteiger partial charge in [0, 0.05) is 22.6 Å². The number of carbonyl (C=O) groups is 2. The Labute approximate surface area is 175 Å². The molecule has 30 heavy (non-hydrogen) atoms. The Kier molecular flexibility index (Phi) is 6.32. The number of rotatable bonds is 5. The second-order valence-corrected chi connectivity index (χ2v) is 6.80. The predicted octanol–water partition coefficient (Wildman–Crippen LogP) is 3.50. The molecule has 0 bridgehead atoms. The first-order valence-corrected chi connectivity index (χ1v) is 9.44. The molecular formula is C23H24N4O3.